The number of para-hydroxylation sites is 1. The van der Waals surface area contributed by atoms with Gasteiger partial charge in [0.2, 0.25) is 9.84 Å². The number of sulfone groups is 1. The predicted octanol–water partition coefficient (Wildman–Crippen LogP) is 3.35. The van der Waals surface area contributed by atoms with Crippen LogP contribution in [0.4, 0.5) is 5.69 Å². The van der Waals surface area contributed by atoms with Gasteiger partial charge in [-0.25, -0.2) is 8.42 Å². The number of fused-ring (bicyclic) bond motifs is 1. The van der Waals surface area contributed by atoms with Crippen LogP contribution in [-0.4, -0.2) is 35.7 Å². The van der Waals surface area contributed by atoms with E-state index in [9.17, 15) is 13.2 Å². The molecule has 0 bridgehead atoms. The van der Waals surface area contributed by atoms with Crippen LogP contribution in [0.15, 0.2) is 64.4 Å². The number of carbonyl (C=O) groups excluding carboxylic acids is 1. The summed E-state index contributed by atoms with van der Waals surface area (Å²) in [7, 11) is 0.0767. The van der Waals surface area contributed by atoms with Gasteiger partial charge in [0, 0.05) is 22.2 Å². The molecule has 1 atom stereocenters. The summed E-state index contributed by atoms with van der Waals surface area (Å²) in [5.41, 5.74) is 5.56. The molecule has 1 aliphatic heterocycles. The monoisotopic (exact) mass is 488 g/mol. The SMILES string of the molecule is COc1ccc(S(=O)(=O)c2cc(Cl)cc3c2NC(=O)C3(N)c2ccccc2OC)c(OC)c1. The minimum atomic E-state index is -4.19. The van der Waals surface area contributed by atoms with Gasteiger partial charge in [-0.1, -0.05) is 29.8 Å². The molecule has 1 unspecified atom stereocenters. The van der Waals surface area contributed by atoms with Crippen molar-refractivity contribution in [2.45, 2.75) is 15.3 Å². The second-order valence-corrected chi connectivity index (χ2v) is 9.63. The van der Waals surface area contributed by atoms with Gasteiger partial charge in [-0.3, -0.25) is 4.79 Å². The van der Waals surface area contributed by atoms with E-state index in [1.54, 1.807) is 24.3 Å². The number of ether oxygens (including phenoxy) is 3. The molecular formula is C23H21ClN2O6S. The van der Waals surface area contributed by atoms with E-state index in [1.807, 2.05) is 0 Å². The van der Waals surface area contributed by atoms with Crippen LogP contribution in [0.3, 0.4) is 0 Å². The molecule has 1 amide bonds. The third kappa shape index (κ3) is 3.49. The van der Waals surface area contributed by atoms with Crippen LogP contribution in [0, 0.1) is 0 Å². The first-order valence-corrected chi connectivity index (χ1v) is 11.6. The zero-order chi connectivity index (χ0) is 24.0. The fourth-order valence-electron chi connectivity index (χ4n) is 3.92. The second kappa shape index (κ2) is 8.26. The van der Waals surface area contributed by atoms with Gasteiger partial charge >= 0.3 is 0 Å². The lowest BCUT2D eigenvalue weighted by Gasteiger charge is -2.25. The number of benzene rings is 3. The maximum absolute atomic E-state index is 13.7. The maximum Gasteiger partial charge on any atom is 0.254 e. The molecule has 3 aromatic carbocycles. The average molecular weight is 489 g/mol. The molecule has 172 valence electrons. The lowest BCUT2D eigenvalue weighted by Crippen LogP contribution is -2.44. The lowest BCUT2D eigenvalue weighted by atomic mass is 9.84. The zero-order valence-electron chi connectivity index (χ0n) is 18.0. The minimum Gasteiger partial charge on any atom is -0.497 e. The Balaban J connectivity index is 1.98. The molecule has 3 aromatic rings. The summed E-state index contributed by atoms with van der Waals surface area (Å²) in [6, 6.07) is 13.8. The highest BCUT2D eigenvalue weighted by Gasteiger charge is 2.49. The van der Waals surface area contributed by atoms with Crippen LogP contribution in [0.2, 0.25) is 5.02 Å². The third-order valence-corrected chi connectivity index (χ3v) is 7.61. The molecule has 0 radical (unpaired) electrons. The number of nitrogens with two attached hydrogens (primary N) is 1. The quantitative estimate of drug-likeness (QED) is 0.546. The van der Waals surface area contributed by atoms with E-state index in [0.29, 0.717) is 17.1 Å². The number of hydrogen-bond donors (Lipinski definition) is 2. The molecular weight excluding hydrogens is 468 g/mol. The molecule has 0 saturated heterocycles. The molecule has 3 N–H and O–H groups in total. The van der Waals surface area contributed by atoms with Gasteiger partial charge in [-0.15, -0.1) is 0 Å². The number of carbonyl (C=O) groups is 1. The predicted molar refractivity (Wildman–Crippen MR) is 123 cm³/mol. The summed E-state index contributed by atoms with van der Waals surface area (Å²) in [5, 5.41) is 2.74. The molecule has 0 aromatic heterocycles. The van der Waals surface area contributed by atoms with Gasteiger partial charge in [0.1, 0.15) is 22.1 Å². The topological polar surface area (TPSA) is 117 Å². The van der Waals surface area contributed by atoms with Crippen molar-refractivity contribution in [2.75, 3.05) is 26.6 Å². The summed E-state index contributed by atoms with van der Waals surface area (Å²) in [4.78, 5) is 12.9. The van der Waals surface area contributed by atoms with Crippen LogP contribution < -0.4 is 25.3 Å². The lowest BCUT2D eigenvalue weighted by molar-refractivity contribution is -0.119. The largest absolute Gasteiger partial charge is 0.497 e. The van der Waals surface area contributed by atoms with Crippen molar-refractivity contribution in [1.82, 2.24) is 0 Å². The van der Waals surface area contributed by atoms with Crippen molar-refractivity contribution in [1.29, 1.82) is 0 Å². The molecule has 8 nitrogen and oxygen atoms in total. The highest BCUT2D eigenvalue weighted by Crippen LogP contribution is 2.47. The summed E-state index contributed by atoms with van der Waals surface area (Å²) in [6.07, 6.45) is 0. The molecule has 1 aliphatic rings. The van der Waals surface area contributed by atoms with E-state index in [1.165, 1.54) is 51.7 Å². The van der Waals surface area contributed by atoms with Crippen molar-refractivity contribution >= 4 is 33.0 Å². The minimum absolute atomic E-state index is 0.0516. The van der Waals surface area contributed by atoms with Gasteiger partial charge in [-0.05, 0) is 30.3 Å². The number of hydrogen-bond acceptors (Lipinski definition) is 7. The molecule has 0 fully saturated rings. The van der Waals surface area contributed by atoms with Crippen LogP contribution in [0.25, 0.3) is 0 Å². The summed E-state index contributed by atoms with van der Waals surface area (Å²) >= 11 is 6.34. The van der Waals surface area contributed by atoms with E-state index in [-0.39, 0.29) is 31.8 Å². The summed E-state index contributed by atoms with van der Waals surface area (Å²) in [6.45, 7) is 0. The molecule has 1 heterocycles. The Hall–Kier alpha value is -3.27. The van der Waals surface area contributed by atoms with E-state index in [0.717, 1.165) is 0 Å². The fraction of sp³-hybridized carbons (Fsp3) is 0.174. The number of methoxy groups -OCH3 is 3. The Bertz CT molecular complexity index is 1380. The van der Waals surface area contributed by atoms with Gasteiger partial charge < -0.3 is 25.3 Å². The highest BCUT2D eigenvalue weighted by atomic mass is 35.5. The fourth-order valence-corrected chi connectivity index (χ4v) is 5.81. The molecule has 0 aliphatic carbocycles. The number of anilines is 1. The Kier molecular flexibility index (Phi) is 5.73. The van der Waals surface area contributed by atoms with Crippen LogP contribution >= 0.6 is 11.6 Å². The van der Waals surface area contributed by atoms with Crippen molar-refractivity contribution in [2.24, 2.45) is 5.73 Å². The summed E-state index contributed by atoms with van der Waals surface area (Å²) < 4.78 is 43.2. The number of rotatable bonds is 6. The van der Waals surface area contributed by atoms with Crippen LogP contribution in [-0.2, 0) is 20.2 Å². The second-order valence-electron chi connectivity index (χ2n) is 7.31. The van der Waals surface area contributed by atoms with Crippen LogP contribution in [0.5, 0.6) is 17.2 Å². The zero-order valence-corrected chi connectivity index (χ0v) is 19.6. The normalized spacial score (nSPS) is 17.3. The third-order valence-electron chi connectivity index (χ3n) is 5.57. The average Bonchev–Trinajstić information content (AvgIpc) is 3.08. The Labute approximate surface area is 196 Å². The van der Waals surface area contributed by atoms with Crippen LogP contribution in [0.1, 0.15) is 11.1 Å². The highest BCUT2D eigenvalue weighted by molar-refractivity contribution is 7.91. The van der Waals surface area contributed by atoms with Gasteiger partial charge in [0.05, 0.1) is 31.9 Å². The molecule has 4 rings (SSSR count). The van der Waals surface area contributed by atoms with E-state index in [4.69, 9.17) is 31.5 Å². The number of nitrogens with one attached hydrogen (secondary N) is 1. The number of halogens is 1. The van der Waals surface area contributed by atoms with Crippen molar-refractivity contribution in [3.05, 3.63) is 70.7 Å². The van der Waals surface area contributed by atoms with Crippen molar-refractivity contribution in [3.8, 4) is 17.2 Å². The van der Waals surface area contributed by atoms with E-state index >= 15 is 0 Å². The van der Waals surface area contributed by atoms with Crippen molar-refractivity contribution in [3.63, 3.8) is 0 Å². The van der Waals surface area contributed by atoms with Gasteiger partial charge in [0.15, 0.2) is 5.54 Å². The first-order chi connectivity index (χ1) is 15.7. The summed E-state index contributed by atoms with van der Waals surface area (Å²) in [5.74, 6) is 0.273. The first-order valence-electron chi connectivity index (χ1n) is 9.73. The van der Waals surface area contributed by atoms with E-state index < -0.39 is 21.3 Å². The first kappa shape index (κ1) is 22.9. The Morgan fingerprint density at radius 2 is 1.58 bits per heavy atom. The maximum atomic E-state index is 13.7. The molecule has 0 spiro atoms. The Morgan fingerprint density at radius 3 is 2.24 bits per heavy atom. The molecule has 33 heavy (non-hydrogen) atoms. The van der Waals surface area contributed by atoms with Gasteiger partial charge in [0.25, 0.3) is 5.91 Å². The van der Waals surface area contributed by atoms with Crippen molar-refractivity contribution < 1.29 is 27.4 Å². The van der Waals surface area contributed by atoms with E-state index in [2.05, 4.69) is 5.32 Å². The Morgan fingerprint density at radius 1 is 0.879 bits per heavy atom. The number of amides is 1. The molecule has 0 saturated carbocycles. The standard InChI is InChI=1S/C23H21ClN2O6S/c1-30-14-8-9-19(18(12-14)32-3)33(28,29)20-11-13(24)10-16-21(20)26-22(27)23(16,25)15-6-4-5-7-17(15)31-2/h4-12H,25H2,1-3H3,(H,26,27). The molecule has 10 heteroatoms. The smallest absolute Gasteiger partial charge is 0.254 e. The van der Waals surface area contributed by atoms with Gasteiger partial charge in [-0.2, -0.15) is 0 Å².